The first-order valence-electron chi connectivity index (χ1n) is 8.45. The SMILES string of the molecule is O=C(Cc1c[nH]c2ccccc12)NCc1cncc(-c2cccnc2)c1. The van der Waals surface area contributed by atoms with Gasteiger partial charge in [0.2, 0.25) is 5.91 Å². The van der Waals surface area contributed by atoms with Crippen LogP contribution in [0, 0.1) is 0 Å². The molecule has 0 radical (unpaired) electrons. The number of para-hydroxylation sites is 1. The van der Waals surface area contributed by atoms with Crippen LogP contribution in [0.4, 0.5) is 0 Å². The van der Waals surface area contributed by atoms with Gasteiger partial charge in [0, 0.05) is 59.6 Å². The topological polar surface area (TPSA) is 70.7 Å². The minimum atomic E-state index is -0.0125. The van der Waals surface area contributed by atoms with Gasteiger partial charge in [-0.05, 0) is 29.3 Å². The van der Waals surface area contributed by atoms with Gasteiger partial charge in [-0.15, -0.1) is 0 Å². The minimum absolute atomic E-state index is 0.0125. The number of H-pyrrole nitrogens is 1. The van der Waals surface area contributed by atoms with Crippen molar-refractivity contribution in [1.82, 2.24) is 20.3 Å². The first-order chi connectivity index (χ1) is 12.8. The Morgan fingerprint density at radius 2 is 1.88 bits per heavy atom. The van der Waals surface area contributed by atoms with E-state index >= 15 is 0 Å². The number of fused-ring (bicyclic) bond motifs is 1. The summed E-state index contributed by atoms with van der Waals surface area (Å²) in [5.74, 6) is -0.0125. The summed E-state index contributed by atoms with van der Waals surface area (Å²) < 4.78 is 0. The van der Waals surface area contributed by atoms with E-state index in [0.717, 1.165) is 33.2 Å². The molecule has 5 heteroatoms. The summed E-state index contributed by atoms with van der Waals surface area (Å²) in [5, 5.41) is 4.06. The summed E-state index contributed by atoms with van der Waals surface area (Å²) in [6.45, 7) is 0.447. The second-order valence-corrected chi connectivity index (χ2v) is 6.14. The molecule has 1 amide bonds. The van der Waals surface area contributed by atoms with E-state index in [4.69, 9.17) is 0 Å². The summed E-state index contributed by atoms with van der Waals surface area (Å²) in [6, 6.07) is 13.9. The second kappa shape index (κ2) is 7.19. The monoisotopic (exact) mass is 342 g/mol. The number of hydrogen-bond acceptors (Lipinski definition) is 3. The first kappa shape index (κ1) is 16.0. The van der Waals surface area contributed by atoms with Crippen molar-refractivity contribution in [3.8, 4) is 11.1 Å². The fourth-order valence-corrected chi connectivity index (χ4v) is 2.99. The van der Waals surface area contributed by atoms with Crippen LogP contribution in [0.2, 0.25) is 0 Å². The van der Waals surface area contributed by atoms with Gasteiger partial charge in [-0.3, -0.25) is 14.8 Å². The third-order valence-electron chi connectivity index (χ3n) is 4.31. The predicted molar refractivity (Wildman–Crippen MR) is 101 cm³/mol. The van der Waals surface area contributed by atoms with Gasteiger partial charge in [0.15, 0.2) is 0 Å². The molecule has 2 N–H and O–H groups in total. The van der Waals surface area contributed by atoms with Crippen molar-refractivity contribution in [3.05, 3.63) is 84.6 Å². The quantitative estimate of drug-likeness (QED) is 0.583. The third-order valence-corrected chi connectivity index (χ3v) is 4.31. The largest absolute Gasteiger partial charge is 0.361 e. The third kappa shape index (κ3) is 3.47. The Morgan fingerprint density at radius 1 is 1.00 bits per heavy atom. The summed E-state index contributed by atoms with van der Waals surface area (Å²) in [4.78, 5) is 23.9. The maximum Gasteiger partial charge on any atom is 0.224 e. The van der Waals surface area contributed by atoms with E-state index in [-0.39, 0.29) is 5.91 Å². The molecule has 5 nitrogen and oxygen atoms in total. The Kier molecular flexibility index (Phi) is 4.43. The Labute approximate surface area is 151 Å². The fraction of sp³-hybridized carbons (Fsp3) is 0.0952. The molecular weight excluding hydrogens is 324 g/mol. The standard InChI is InChI=1S/C21H18N4O/c26-21(9-18-14-24-20-6-2-1-5-19(18)20)25-11-15-8-17(13-23-10-15)16-4-3-7-22-12-16/h1-8,10,12-14,24H,9,11H2,(H,25,26). The lowest BCUT2D eigenvalue weighted by atomic mass is 10.1. The first-order valence-corrected chi connectivity index (χ1v) is 8.45. The molecule has 0 spiro atoms. The van der Waals surface area contributed by atoms with Crippen molar-refractivity contribution >= 4 is 16.8 Å². The van der Waals surface area contributed by atoms with Gasteiger partial charge in [-0.25, -0.2) is 0 Å². The second-order valence-electron chi connectivity index (χ2n) is 6.14. The average Bonchev–Trinajstić information content (AvgIpc) is 3.10. The van der Waals surface area contributed by atoms with Crippen LogP contribution in [-0.4, -0.2) is 20.9 Å². The van der Waals surface area contributed by atoms with Crippen LogP contribution >= 0.6 is 0 Å². The summed E-state index contributed by atoms with van der Waals surface area (Å²) in [7, 11) is 0. The Hall–Kier alpha value is -3.47. The van der Waals surface area contributed by atoms with E-state index < -0.39 is 0 Å². The van der Waals surface area contributed by atoms with Crippen molar-refractivity contribution in [1.29, 1.82) is 0 Å². The number of aromatic nitrogens is 3. The van der Waals surface area contributed by atoms with E-state index in [2.05, 4.69) is 20.3 Å². The fourth-order valence-electron chi connectivity index (χ4n) is 2.99. The number of aromatic amines is 1. The lowest BCUT2D eigenvalue weighted by molar-refractivity contribution is -0.120. The zero-order chi connectivity index (χ0) is 17.8. The van der Waals surface area contributed by atoms with E-state index in [1.54, 1.807) is 24.8 Å². The number of amides is 1. The number of carbonyl (C=O) groups excluding carboxylic acids is 1. The molecule has 26 heavy (non-hydrogen) atoms. The van der Waals surface area contributed by atoms with Crippen molar-refractivity contribution in [2.75, 3.05) is 0 Å². The van der Waals surface area contributed by atoms with Gasteiger partial charge >= 0.3 is 0 Å². The highest BCUT2D eigenvalue weighted by Crippen LogP contribution is 2.19. The van der Waals surface area contributed by atoms with Crippen molar-refractivity contribution in [2.45, 2.75) is 13.0 Å². The molecule has 0 bridgehead atoms. The predicted octanol–water partition coefficient (Wildman–Crippen LogP) is 3.48. The van der Waals surface area contributed by atoms with Gasteiger partial charge in [-0.1, -0.05) is 24.3 Å². The molecule has 3 heterocycles. The number of nitrogens with zero attached hydrogens (tertiary/aromatic N) is 2. The van der Waals surface area contributed by atoms with E-state index in [1.807, 2.05) is 48.7 Å². The Morgan fingerprint density at radius 3 is 2.77 bits per heavy atom. The van der Waals surface area contributed by atoms with Crippen molar-refractivity contribution in [2.24, 2.45) is 0 Å². The molecule has 0 unspecified atom stereocenters. The highest BCUT2D eigenvalue weighted by Gasteiger charge is 2.09. The number of hydrogen-bond donors (Lipinski definition) is 2. The zero-order valence-corrected chi connectivity index (χ0v) is 14.1. The van der Waals surface area contributed by atoms with Crippen LogP contribution in [0.1, 0.15) is 11.1 Å². The smallest absolute Gasteiger partial charge is 0.224 e. The van der Waals surface area contributed by atoms with E-state index in [1.165, 1.54) is 0 Å². The molecule has 4 rings (SSSR count). The van der Waals surface area contributed by atoms with Crippen LogP contribution in [0.25, 0.3) is 22.0 Å². The normalized spacial score (nSPS) is 10.8. The van der Waals surface area contributed by atoms with Gasteiger partial charge in [0.25, 0.3) is 0 Å². The van der Waals surface area contributed by atoms with Gasteiger partial charge < -0.3 is 10.3 Å². The van der Waals surface area contributed by atoms with Gasteiger partial charge in [-0.2, -0.15) is 0 Å². The molecule has 0 saturated carbocycles. The number of rotatable bonds is 5. The number of pyridine rings is 2. The molecule has 0 aliphatic carbocycles. The molecule has 0 aliphatic rings. The molecule has 3 aromatic heterocycles. The number of benzene rings is 1. The lowest BCUT2D eigenvalue weighted by Gasteiger charge is -2.07. The molecule has 0 saturated heterocycles. The molecule has 0 fully saturated rings. The highest BCUT2D eigenvalue weighted by atomic mass is 16.1. The number of nitrogens with one attached hydrogen (secondary N) is 2. The van der Waals surface area contributed by atoms with Crippen molar-refractivity contribution < 1.29 is 4.79 Å². The lowest BCUT2D eigenvalue weighted by Crippen LogP contribution is -2.24. The van der Waals surface area contributed by atoms with Gasteiger partial charge in [0.05, 0.1) is 6.42 Å². The maximum absolute atomic E-state index is 12.3. The van der Waals surface area contributed by atoms with Crippen LogP contribution < -0.4 is 5.32 Å². The van der Waals surface area contributed by atoms with E-state index in [9.17, 15) is 4.79 Å². The van der Waals surface area contributed by atoms with Crippen LogP contribution in [0.15, 0.2) is 73.4 Å². The molecule has 0 aliphatic heterocycles. The molecule has 1 aromatic carbocycles. The van der Waals surface area contributed by atoms with Gasteiger partial charge in [0.1, 0.15) is 0 Å². The van der Waals surface area contributed by atoms with E-state index in [0.29, 0.717) is 13.0 Å². The van der Waals surface area contributed by atoms with Crippen LogP contribution in [0.5, 0.6) is 0 Å². The maximum atomic E-state index is 12.3. The highest BCUT2D eigenvalue weighted by molar-refractivity contribution is 5.88. The zero-order valence-electron chi connectivity index (χ0n) is 14.1. The Balaban J connectivity index is 1.42. The van der Waals surface area contributed by atoms with Crippen LogP contribution in [-0.2, 0) is 17.8 Å². The molecular formula is C21H18N4O. The number of carbonyl (C=O) groups is 1. The summed E-state index contributed by atoms with van der Waals surface area (Å²) >= 11 is 0. The minimum Gasteiger partial charge on any atom is -0.361 e. The summed E-state index contributed by atoms with van der Waals surface area (Å²) in [5.41, 5.74) is 5.00. The van der Waals surface area contributed by atoms with Crippen molar-refractivity contribution in [3.63, 3.8) is 0 Å². The average molecular weight is 342 g/mol. The summed E-state index contributed by atoms with van der Waals surface area (Å²) in [6.07, 6.45) is 9.36. The Bertz CT molecular complexity index is 1040. The van der Waals surface area contributed by atoms with Crippen LogP contribution in [0.3, 0.4) is 0 Å². The molecule has 128 valence electrons. The molecule has 0 atom stereocenters. The molecule has 4 aromatic rings.